The normalized spacial score (nSPS) is 12.2. The van der Waals surface area contributed by atoms with Gasteiger partial charge in [0.05, 0.1) is 16.3 Å². The highest BCUT2D eigenvalue weighted by Gasteiger charge is 2.23. The number of fused-ring (bicyclic) bond motifs is 1. The lowest BCUT2D eigenvalue weighted by atomic mass is 9.96. The van der Waals surface area contributed by atoms with E-state index in [-0.39, 0.29) is 38.3 Å². The van der Waals surface area contributed by atoms with Gasteiger partial charge in [-0.1, -0.05) is 32.4 Å². The van der Waals surface area contributed by atoms with Crippen LogP contribution in [0.4, 0.5) is 17.1 Å². The second kappa shape index (κ2) is 9.68. The number of nitrogens with zero attached hydrogens (tertiary/aromatic N) is 3. The van der Waals surface area contributed by atoms with E-state index < -0.39 is 20.9 Å². The van der Waals surface area contributed by atoms with Gasteiger partial charge in [-0.25, -0.2) is 16.8 Å². The fourth-order valence-corrected chi connectivity index (χ4v) is 5.10. The molecule has 2 aromatic carbocycles. The SMILES string of the molecule is CC(=O)Nc1ccc(S(=O)(=O)Nc2cc(N[SH](=O)=O)cc(-c3nn4nc(C(C)(C)C)[nH]c4c3Cl)c2)cc1. The number of rotatable bonds is 7. The highest BCUT2D eigenvalue weighted by molar-refractivity contribution is 7.92. The minimum absolute atomic E-state index is 0.0661. The molecule has 4 N–H and O–H groups in total. The van der Waals surface area contributed by atoms with E-state index in [4.69, 9.17) is 11.6 Å². The van der Waals surface area contributed by atoms with Crippen molar-refractivity contribution < 1.29 is 21.6 Å². The summed E-state index contributed by atoms with van der Waals surface area (Å²) in [4.78, 5) is 14.3. The molecule has 0 unspecified atom stereocenters. The summed E-state index contributed by atoms with van der Waals surface area (Å²) in [6.07, 6.45) is 0. The lowest BCUT2D eigenvalue weighted by Crippen LogP contribution is -2.14. The summed E-state index contributed by atoms with van der Waals surface area (Å²) in [6, 6.07) is 9.84. The summed E-state index contributed by atoms with van der Waals surface area (Å²) in [5, 5.41) is 11.6. The van der Waals surface area contributed by atoms with Gasteiger partial charge in [0, 0.05) is 23.6 Å². The first kappa shape index (κ1) is 26.4. The van der Waals surface area contributed by atoms with Gasteiger partial charge in [0.2, 0.25) is 16.8 Å². The average Bonchev–Trinajstić information content (AvgIpc) is 3.32. The number of H-pyrrole nitrogens is 1. The third-order valence-electron chi connectivity index (χ3n) is 5.12. The summed E-state index contributed by atoms with van der Waals surface area (Å²) in [7, 11) is -7.10. The van der Waals surface area contributed by atoms with Gasteiger partial charge in [-0.05, 0) is 42.5 Å². The van der Waals surface area contributed by atoms with Gasteiger partial charge in [0.1, 0.15) is 16.5 Å². The average molecular weight is 566 g/mol. The van der Waals surface area contributed by atoms with Gasteiger partial charge in [0.15, 0.2) is 5.65 Å². The third kappa shape index (κ3) is 5.87. The zero-order valence-electron chi connectivity index (χ0n) is 20.2. The van der Waals surface area contributed by atoms with Gasteiger partial charge in [0.25, 0.3) is 10.0 Å². The molecule has 0 saturated carbocycles. The van der Waals surface area contributed by atoms with Crippen molar-refractivity contribution in [1.29, 1.82) is 0 Å². The van der Waals surface area contributed by atoms with Gasteiger partial charge in [-0.2, -0.15) is 0 Å². The Balaban J connectivity index is 1.73. The molecule has 0 bridgehead atoms. The van der Waals surface area contributed by atoms with E-state index in [2.05, 4.69) is 29.9 Å². The summed E-state index contributed by atoms with van der Waals surface area (Å²) in [6.45, 7) is 7.27. The van der Waals surface area contributed by atoms with E-state index in [9.17, 15) is 21.6 Å². The standard InChI is InChI=1S/C22H24ClN7O5S2/c1-12(31)24-14-5-7-17(8-6-14)37(34,35)29-16-10-13(9-15(11-16)28-36(32)33)19-18(23)20-25-21(22(2,3)4)27-30(20)26-19/h5-11,29,36H,1-4H3,(H,24,31)(H,25,27)(H,28,32,33). The molecule has 0 spiro atoms. The van der Waals surface area contributed by atoms with Crippen LogP contribution in [0.2, 0.25) is 5.02 Å². The van der Waals surface area contributed by atoms with Crippen LogP contribution in [-0.4, -0.2) is 42.6 Å². The number of carbonyl (C=O) groups is 1. The van der Waals surface area contributed by atoms with Crippen molar-refractivity contribution in [2.24, 2.45) is 0 Å². The van der Waals surface area contributed by atoms with E-state index in [1.54, 1.807) is 0 Å². The van der Waals surface area contributed by atoms with Crippen LogP contribution in [0.25, 0.3) is 16.9 Å². The van der Waals surface area contributed by atoms with E-state index >= 15 is 0 Å². The molecule has 0 aliphatic rings. The van der Waals surface area contributed by atoms with E-state index in [1.807, 2.05) is 20.8 Å². The summed E-state index contributed by atoms with van der Waals surface area (Å²) in [5.74, 6) is 0.377. The molecule has 0 radical (unpaired) electrons. The number of hydrogen-bond donors (Lipinski definition) is 5. The Morgan fingerprint density at radius 3 is 2.24 bits per heavy atom. The molecule has 37 heavy (non-hydrogen) atoms. The van der Waals surface area contributed by atoms with Crippen molar-refractivity contribution in [2.75, 3.05) is 14.8 Å². The van der Waals surface area contributed by atoms with E-state index in [0.717, 1.165) is 0 Å². The second-order valence-corrected chi connectivity index (χ2v) is 12.0. The number of anilines is 3. The minimum atomic E-state index is -4.07. The largest absolute Gasteiger partial charge is 0.326 e. The quantitative estimate of drug-likeness (QED) is 0.214. The molecule has 0 aliphatic heterocycles. The van der Waals surface area contributed by atoms with Gasteiger partial charge in [-0.3, -0.25) is 14.2 Å². The molecular formula is C22H24ClN7O5S2. The Morgan fingerprint density at radius 1 is 1.03 bits per heavy atom. The Kier molecular flexibility index (Phi) is 6.92. The maximum Gasteiger partial charge on any atom is 0.261 e. The van der Waals surface area contributed by atoms with Crippen molar-refractivity contribution >= 4 is 61.1 Å². The molecular weight excluding hydrogens is 542 g/mol. The first-order valence-corrected chi connectivity index (χ1v) is 13.9. The predicted octanol–water partition coefficient (Wildman–Crippen LogP) is 3.37. The predicted molar refractivity (Wildman–Crippen MR) is 142 cm³/mol. The number of halogens is 1. The van der Waals surface area contributed by atoms with Crippen LogP contribution in [0, 0.1) is 0 Å². The topological polar surface area (TPSA) is 167 Å². The van der Waals surface area contributed by atoms with Crippen LogP contribution in [0.1, 0.15) is 33.5 Å². The third-order valence-corrected chi connectivity index (χ3v) is 7.31. The van der Waals surface area contributed by atoms with Gasteiger partial charge in [-0.15, -0.1) is 14.8 Å². The zero-order chi connectivity index (χ0) is 27.1. The van der Waals surface area contributed by atoms with Crippen LogP contribution in [0.15, 0.2) is 47.4 Å². The molecule has 0 aliphatic carbocycles. The summed E-state index contributed by atoms with van der Waals surface area (Å²) < 4.78 is 54.7. The molecule has 1 amide bonds. The van der Waals surface area contributed by atoms with Crippen molar-refractivity contribution in [3.63, 3.8) is 0 Å². The van der Waals surface area contributed by atoms with Crippen molar-refractivity contribution in [1.82, 2.24) is 19.8 Å². The summed E-state index contributed by atoms with van der Waals surface area (Å²) in [5.41, 5.74) is 1.39. The Bertz CT molecular complexity index is 1680. The maximum atomic E-state index is 13.0. The molecule has 2 heterocycles. The number of thiol groups is 1. The van der Waals surface area contributed by atoms with Crippen molar-refractivity contribution in [3.8, 4) is 11.3 Å². The highest BCUT2D eigenvalue weighted by atomic mass is 35.5. The van der Waals surface area contributed by atoms with E-state index in [1.165, 1.54) is 54.0 Å². The number of amides is 1. The van der Waals surface area contributed by atoms with Crippen LogP contribution in [0.3, 0.4) is 0 Å². The Morgan fingerprint density at radius 2 is 1.68 bits per heavy atom. The molecule has 0 fully saturated rings. The monoisotopic (exact) mass is 565 g/mol. The number of hydrogen-bond acceptors (Lipinski definition) is 7. The number of sulfonamides is 1. The molecule has 12 nitrogen and oxygen atoms in total. The summed E-state index contributed by atoms with van der Waals surface area (Å²) >= 11 is 6.58. The molecule has 15 heteroatoms. The molecule has 2 aromatic heterocycles. The highest BCUT2D eigenvalue weighted by Crippen LogP contribution is 2.35. The fourth-order valence-electron chi connectivity index (χ4n) is 3.45. The van der Waals surface area contributed by atoms with Crippen LogP contribution < -0.4 is 14.8 Å². The number of benzene rings is 2. The smallest absolute Gasteiger partial charge is 0.261 e. The molecule has 4 aromatic rings. The number of aromatic nitrogens is 4. The zero-order valence-corrected chi connectivity index (χ0v) is 22.6. The number of nitrogens with one attached hydrogen (secondary N) is 4. The second-order valence-electron chi connectivity index (χ2n) is 9.20. The minimum Gasteiger partial charge on any atom is -0.326 e. The van der Waals surface area contributed by atoms with Crippen molar-refractivity contribution in [2.45, 2.75) is 38.0 Å². The van der Waals surface area contributed by atoms with Gasteiger partial charge >= 0.3 is 0 Å². The molecule has 196 valence electrons. The lowest BCUT2D eigenvalue weighted by Gasteiger charge is -2.13. The van der Waals surface area contributed by atoms with Gasteiger partial charge < -0.3 is 10.3 Å². The van der Waals surface area contributed by atoms with Crippen LogP contribution in [0.5, 0.6) is 0 Å². The number of aromatic amines is 1. The first-order chi connectivity index (χ1) is 17.2. The lowest BCUT2D eigenvalue weighted by molar-refractivity contribution is -0.114. The fraction of sp³-hybridized carbons (Fsp3) is 0.227. The first-order valence-electron chi connectivity index (χ1n) is 10.8. The Labute approximate surface area is 219 Å². The maximum absolute atomic E-state index is 13.0. The Hall–Kier alpha value is -3.62. The molecule has 0 saturated heterocycles. The van der Waals surface area contributed by atoms with Crippen molar-refractivity contribution in [3.05, 3.63) is 53.3 Å². The molecule has 4 rings (SSSR count). The van der Waals surface area contributed by atoms with E-state index in [0.29, 0.717) is 22.7 Å². The number of carbonyl (C=O) groups excluding carboxylic acids is 1. The van der Waals surface area contributed by atoms with Crippen LogP contribution in [-0.2, 0) is 31.1 Å². The molecule has 0 atom stereocenters. The van der Waals surface area contributed by atoms with Crippen LogP contribution >= 0.6 is 11.6 Å².